The number of anilines is 2. The Morgan fingerprint density at radius 2 is 1.92 bits per heavy atom. The monoisotopic (exact) mass is 369 g/mol. The van der Waals surface area contributed by atoms with Crippen LogP contribution in [0.4, 0.5) is 11.4 Å². The number of hydrogen-bond acceptors (Lipinski definition) is 5. The van der Waals surface area contributed by atoms with E-state index in [0.29, 0.717) is 30.1 Å². The van der Waals surface area contributed by atoms with Gasteiger partial charge in [-0.1, -0.05) is 0 Å². The molecule has 0 unspecified atom stereocenters. The molecule has 138 valence electrons. The fourth-order valence-corrected chi connectivity index (χ4v) is 4.18. The maximum absolute atomic E-state index is 12.3. The first-order chi connectivity index (χ1) is 11.7. The fraction of sp³-hybridized carbons (Fsp3) is 0.500. The zero-order valence-electron chi connectivity index (χ0n) is 14.5. The highest BCUT2D eigenvalue weighted by Gasteiger charge is 2.28. The van der Waals surface area contributed by atoms with Crippen LogP contribution in [0, 0.1) is 0 Å². The zero-order valence-corrected chi connectivity index (χ0v) is 15.4. The van der Waals surface area contributed by atoms with Crippen LogP contribution < -0.4 is 19.7 Å². The van der Waals surface area contributed by atoms with Gasteiger partial charge >= 0.3 is 11.8 Å². The van der Waals surface area contributed by atoms with E-state index in [4.69, 9.17) is 4.74 Å². The molecule has 0 aliphatic carbocycles. The number of sulfonamides is 1. The number of hydrogen-bond donors (Lipinski definition) is 2. The first kappa shape index (κ1) is 19.0. The summed E-state index contributed by atoms with van der Waals surface area (Å²) in [5.41, 5.74) is 0.671. The third-order valence-electron chi connectivity index (χ3n) is 3.68. The van der Waals surface area contributed by atoms with Gasteiger partial charge in [-0.15, -0.1) is 0 Å². The van der Waals surface area contributed by atoms with Crippen molar-refractivity contribution in [3.63, 3.8) is 0 Å². The molecule has 1 heterocycles. The van der Waals surface area contributed by atoms with Gasteiger partial charge in [-0.05, 0) is 44.9 Å². The highest BCUT2D eigenvalue weighted by molar-refractivity contribution is 7.92. The lowest BCUT2D eigenvalue weighted by Crippen LogP contribution is -2.39. The normalized spacial score (nSPS) is 16.4. The van der Waals surface area contributed by atoms with Crippen LogP contribution in [0.15, 0.2) is 18.2 Å². The minimum absolute atomic E-state index is 0.0730. The molecule has 0 atom stereocenters. The van der Waals surface area contributed by atoms with Crippen molar-refractivity contribution in [3.8, 4) is 5.75 Å². The smallest absolute Gasteiger partial charge is 0.313 e. The molecule has 2 rings (SSSR count). The van der Waals surface area contributed by atoms with E-state index in [2.05, 4.69) is 10.6 Å². The highest BCUT2D eigenvalue weighted by atomic mass is 32.2. The van der Waals surface area contributed by atoms with E-state index in [-0.39, 0.29) is 11.8 Å². The van der Waals surface area contributed by atoms with Crippen molar-refractivity contribution in [1.82, 2.24) is 5.32 Å². The summed E-state index contributed by atoms with van der Waals surface area (Å²) >= 11 is 0. The lowest BCUT2D eigenvalue weighted by Gasteiger charge is -2.29. The lowest BCUT2D eigenvalue weighted by molar-refractivity contribution is -0.136. The molecular weight excluding hydrogens is 346 g/mol. The summed E-state index contributed by atoms with van der Waals surface area (Å²) in [7, 11) is -1.98. The van der Waals surface area contributed by atoms with Gasteiger partial charge in [0.15, 0.2) is 0 Å². The molecule has 1 saturated heterocycles. The second kappa shape index (κ2) is 7.73. The Morgan fingerprint density at radius 3 is 2.52 bits per heavy atom. The second-order valence-electron chi connectivity index (χ2n) is 6.06. The third kappa shape index (κ3) is 4.62. The van der Waals surface area contributed by atoms with E-state index in [9.17, 15) is 18.0 Å². The number of carbonyl (C=O) groups is 2. The number of nitrogens with one attached hydrogen (secondary N) is 2. The van der Waals surface area contributed by atoms with Gasteiger partial charge in [0.2, 0.25) is 10.0 Å². The molecule has 9 heteroatoms. The van der Waals surface area contributed by atoms with Gasteiger partial charge in [0, 0.05) is 18.3 Å². The van der Waals surface area contributed by atoms with E-state index in [1.165, 1.54) is 17.5 Å². The summed E-state index contributed by atoms with van der Waals surface area (Å²) in [5.74, 6) is -1.11. The van der Waals surface area contributed by atoms with E-state index in [1.54, 1.807) is 26.0 Å². The highest BCUT2D eigenvalue weighted by Crippen LogP contribution is 2.35. The average Bonchev–Trinajstić information content (AvgIpc) is 2.53. The molecule has 25 heavy (non-hydrogen) atoms. The summed E-state index contributed by atoms with van der Waals surface area (Å²) < 4.78 is 31.2. The topological polar surface area (TPSA) is 105 Å². The van der Waals surface area contributed by atoms with Gasteiger partial charge in [-0.3, -0.25) is 13.9 Å². The average molecular weight is 369 g/mol. The van der Waals surface area contributed by atoms with Crippen LogP contribution in [-0.4, -0.2) is 45.7 Å². The Labute approximate surface area is 147 Å². The van der Waals surface area contributed by atoms with Gasteiger partial charge in [-0.2, -0.15) is 0 Å². The molecule has 1 aromatic carbocycles. The van der Waals surface area contributed by atoms with Crippen molar-refractivity contribution in [2.45, 2.75) is 32.7 Å². The van der Waals surface area contributed by atoms with Crippen LogP contribution in [0.25, 0.3) is 0 Å². The summed E-state index contributed by atoms with van der Waals surface area (Å²) in [4.78, 5) is 23.6. The number of amides is 2. The van der Waals surface area contributed by atoms with Gasteiger partial charge in [0.25, 0.3) is 0 Å². The number of nitrogens with zero attached hydrogens (tertiary/aromatic N) is 1. The fourth-order valence-electron chi connectivity index (χ4n) is 2.54. The van der Waals surface area contributed by atoms with Crippen LogP contribution in [0.1, 0.15) is 26.7 Å². The lowest BCUT2D eigenvalue weighted by atomic mass is 10.2. The van der Waals surface area contributed by atoms with Crippen molar-refractivity contribution >= 4 is 33.2 Å². The van der Waals surface area contributed by atoms with E-state index < -0.39 is 21.8 Å². The van der Waals surface area contributed by atoms with Crippen LogP contribution in [0.5, 0.6) is 5.75 Å². The van der Waals surface area contributed by atoms with Gasteiger partial charge in [-0.25, -0.2) is 8.42 Å². The molecule has 0 radical (unpaired) electrons. The largest absolute Gasteiger partial charge is 0.495 e. The Morgan fingerprint density at radius 1 is 1.20 bits per heavy atom. The Hall–Kier alpha value is -2.29. The second-order valence-corrected chi connectivity index (χ2v) is 8.08. The predicted octanol–water partition coefficient (Wildman–Crippen LogP) is 1.09. The first-order valence-electron chi connectivity index (χ1n) is 8.05. The van der Waals surface area contributed by atoms with Crippen molar-refractivity contribution < 1.29 is 22.7 Å². The van der Waals surface area contributed by atoms with Crippen LogP contribution in [0.3, 0.4) is 0 Å². The van der Waals surface area contributed by atoms with Crippen molar-refractivity contribution in [1.29, 1.82) is 0 Å². The minimum atomic E-state index is -3.43. The third-order valence-corrected chi connectivity index (χ3v) is 5.54. The number of ether oxygens (including phenoxy) is 1. The maximum Gasteiger partial charge on any atom is 0.313 e. The quantitative estimate of drug-likeness (QED) is 0.773. The molecule has 1 aliphatic rings. The van der Waals surface area contributed by atoms with E-state index in [0.717, 1.165) is 6.42 Å². The van der Waals surface area contributed by atoms with E-state index >= 15 is 0 Å². The van der Waals surface area contributed by atoms with Gasteiger partial charge in [0.05, 0.1) is 18.6 Å². The zero-order chi connectivity index (χ0) is 18.6. The molecule has 0 bridgehead atoms. The summed E-state index contributed by atoms with van der Waals surface area (Å²) in [6.07, 6.45) is 1.36. The molecule has 1 fully saturated rings. The maximum atomic E-state index is 12.3. The Kier molecular flexibility index (Phi) is 5.89. The summed E-state index contributed by atoms with van der Waals surface area (Å²) in [6, 6.07) is 4.46. The van der Waals surface area contributed by atoms with Crippen molar-refractivity contribution in [3.05, 3.63) is 18.2 Å². The number of benzene rings is 1. The Balaban J connectivity index is 2.28. The molecule has 0 spiro atoms. The van der Waals surface area contributed by atoms with Crippen LogP contribution >= 0.6 is 0 Å². The molecule has 1 aliphatic heterocycles. The number of methoxy groups -OCH3 is 1. The van der Waals surface area contributed by atoms with Crippen LogP contribution in [-0.2, 0) is 19.6 Å². The van der Waals surface area contributed by atoms with Crippen molar-refractivity contribution in [2.24, 2.45) is 0 Å². The summed E-state index contributed by atoms with van der Waals surface area (Å²) in [6.45, 7) is 3.85. The van der Waals surface area contributed by atoms with E-state index in [1.807, 2.05) is 0 Å². The van der Waals surface area contributed by atoms with Crippen molar-refractivity contribution in [2.75, 3.05) is 29.0 Å². The summed E-state index contributed by atoms with van der Waals surface area (Å²) in [5, 5.41) is 4.97. The molecular formula is C16H23N3O5S. The Bertz CT molecular complexity index is 761. The molecule has 1 aromatic rings. The molecule has 0 aromatic heterocycles. The standard InChI is InChI=1S/C16H23N3O5S/c1-11(2)17-15(20)16(21)18-12-6-7-14(24-3)13(10-12)19-8-4-5-9-25(19,22)23/h6-7,10-11H,4-5,8-9H2,1-3H3,(H,17,20)(H,18,21). The van der Waals surface area contributed by atoms with Crippen LogP contribution in [0.2, 0.25) is 0 Å². The molecule has 8 nitrogen and oxygen atoms in total. The predicted molar refractivity (Wildman–Crippen MR) is 95.3 cm³/mol. The first-order valence-corrected chi connectivity index (χ1v) is 9.66. The SMILES string of the molecule is COc1ccc(NC(=O)C(=O)NC(C)C)cc1N1CCCCS1(=O)=O. The number of carbonyl (C=O) groups excluding carboxylic acids is 2. The minimum Gasteiger partial charge on any atom is -0.495 e. The van der Waals surface area contributed by atoms with Gasteiger partial charge < -0.3 is 15.4 Å². The molecule has 2 N–H and O–H groups in total. The van der Waals surface area contributed by atoms with Gasteiger partial charge in [0.1, 0.15) is 5.75 Å². The molecule has 0 saturated carbocycles. The molecule has 2 amide bonds. The number of rotatable bonds is 4.